The summed E-state index contributed by atoms with van der Waals surface area (Å²) in [5.41, 5.74) is 0. The van der Waals surface area contributed by atoms with Crippen molar-refractivity contribution in [1.29, 1.82) is 0 Å². The normalized spacial score (nSPS) is 13.6. The Kier molecular flexibility index (Phi) is 1.45. The Bertz CT molecular complexity index is 460. The van der Waals surface area contributed by atoms with E-state index in [4.69, 9.17) is 9.31 Å². The van der Waals surface area contributed by atoms with Gasteiger partial charge in [-0.2, -0.15) is 0 Å². The molecule has 3 rings (SSSR count). The summed E-state index contributed by atoms with van der Waals surface area (Å²) in [7, 11) is -1.70. The van der Waals surface area contributed by atoms with Crippen molar-refractivity contribution in [1.82, 2.24) is 0 Å². The topological polar surface area (TPSA) is 18.5 Å². The van der Waals surface area contributed by atoms with Crippen molar-refractivity contribution in [2.75, 3.05) is 0 Å². The molecule has 0 saturated heterocycles. The second kappa shape index (κ2) is 2.64. The van der Waals surface area contributed by atoms with Gasteiger partial charge < -0.3 is 9.31 Å². The molecular weight excluding hydrogens is 182 g/mol. The Hall–Kier alpha value is -1.71. The van der Waals surface area contributed by atoms with Gasteiger partial charge in [-0.15, -0.1) is 0 Å². The van der Waals surface area contributed by atoms with E-state index in [2.05, 4.69) is 0 Å². The summed E-state index contributed by atoms with van der Waals surface area (Å²) < 4.78 is 22.8. The summed E-state index contributed by atoms with van der Waals surface area (Å²) in [6.07, 6.45) is 0. The molecule has 1 aliphatic rings. The van der Waals surface area contributed by atoms with E-state index >= 15 is 0 Å². The quantitative estimate of drug-likeness (QED) is 0.591. The molecule has 1 heterocycles. The van der Waals surface area contributed by atoms with Crippen LogP contribution < -0.4 is 9.31 Å². The standard InChI is InChI=1S/C10H6BFO2/c12-11-13-8-5-1-3-7-4-2-6-9(14-11)10(7)8/h1-6H. The second-order valence-corrected chi connectivity index (χ2v) is 3.12. The lowest BCUT2D eigenvalue weighted by atomic mass is 10.1. The lowest BCUT2D eigenvalue weighted by molar-refractivity contribution is 0.350. The predicted molar refractivity (Wildman–Crippen MR) is 52.1 cm³/mol. The van der Waals surface area contributed by atoms with Gasteiger partial charge in [0.2, 0.25) is 0 Å². The van der Waals surface area contributed by atoms with Crippen LogP contribution in [0, 0.1) is 0 Å². The zero-order chi connectivity index (χ0) is 9.54. The molecule has 0 radical (unpaired) electrons. The van der Waals surface area contributed by atoms with Crippen LogP contribution in [0.5, 0.6) is 11.5 Å². The SMILES string of the molecule is FB1Oc2cccc3cccc(c23)O1. The molecule has 1 aliphatic heterocycles. The fourth-order valence-electron chi connectivity index (χ4n) is 1.69. The van der Waals surface area contributed by atoms with Crippen LogP contribution in [0.25, 0.3) is 10.8 Å². The van der Waals surface area contributed by atoms with E-state index in [-0.39, 0.29) is 0 Å². The third-order valence-electron chi connectivity index (χ3n) is 2.27. The minimum Gasteiger partial charge on any atom is -0.497 e. The van der Waals surface area contributed by atoms with Crippen molar-refractivity contribution in [3.8, 4) is 11.5 Å². The molecule has 0 spiro atoms. The first-order chi connectivity index (χ1) is 6.84. The van der Waals surface area contributed by atoms with Gasteiger partial charge in [-0.25, -0.2) is 4.32 Å². The predicted octanol–water partition coefficient (Wildman–Crippen LogP) is 2.57. The van der Waals surface area contributed by atoms with E-state index in [0.29, 0.717) is 11.5 Å². The molecule has 0 aromatic heterocycles. The number of hydrogen-bond acceptors (Lipinski definition) is 2. The van der Waals surface area contributed by atoms with Gasteiger partial charge in [-0.05, 0) is 17.5 Å². The Morgan fingerprint density at radius 3 is 2.07 bits per heavy atom. The fourth-order valence-corrected chi connectivity index (χ4v) is 1.69. The van der Waals surface area contributed by atoms with Crippen LogP contribution in [0.1, 0.15) is 0 Å². The summed E-state index contributed by atoms with van der Waals surface area (Å²) in [5.74, 6) is 1.08. The average Bonchev–Trinajstić information content (AvgIpc) is 2.18. The van der Waals surface area contributed by atoms with E-state index < -0.39 is 7.40 Å². The zero-order valence-electron chi connectivity index (χ0n) is 7.24. The summed E-state index contributed by atoms with van der Waals surface area (Å²) in [6, 6.07) is 11.0. The Morgan fingerprint density at radius 1 is 0.929 bits per heavy atom. The van der Waals surface area contributed by atoms with Gasteiger partial charge in [-0.3, -0.25) is 0 Å². The molecule has 2 nitrogen and oxygen atoms in total. The van der Waals surface area contributed by atoms with Gasteiger partial charge in [0.15, 0.2) is 0 Å². The highest BCUT2D eigenvalue weighted by Crippen LogP contribution is 2.37. The van der Waals surface area contributed by atoms with Crippen molar-refractivity contribution in [3.63, 3.8) is 0 Å². The summed E-state index contributed by atoms with van der Waals surface area (Å²) >= 11 is 0. The number of hydrogen-bond donors (Lipinski definition) is 0. The summed E-state index contributed by atoms with van der Waals surface area (Å²) in [4.78, 5) is 0. The Labute approximate surface area is 80.4 Å². The molecule has 0 amide bonds. The molecule has 14 heavy (non-hydrogen) atoms. The lowest BCUT2D eigenvalue weighted by Crippen LogP contribution is -2.27. The van der Waals surface area contributed by atoms with Gasteiger partial charge in [0.1, 0.15) is 11.5 Å². The molecule has 0 bridgehead atoms. The van der Waals surface area contributed by atoms with E-state index in [9.17, 15) is 4.32 Å². The maximum absolute atomic E-state index is 12.9. The van der Waals surface area contributed by atoms with Gasteiger partial charge in [-0.1, -0.05) is 24.3 Å². The van der Waals surface area contributed by atoms with Crippen LogP contribution >= 0.6 is 0 Å². The molecule has 2 aromatic carbocycles. The maximum Gasteiger partial charge on any atom is 0.830 e. The largest absolute Gasteiger partial charge is 0.830 e. The van der Waals surface area contributed by atoms with Crippen molar-refractivity contribution >= 4 is 18.2 Å². The third-order valence-corrected chi connectivity index (χ3v) is 2.27. The molecule has 0 unspecified atom stereocenters. The summed E-state index contributed by atoms with van der Waals surface area (Å²) in [6.45, 7) is 0. The Balaban J connectivity index is 2.40. The van der Waals surface area contributed by atoms with Crippen LogP contribution in [-0.2, 0) is 0 Å². The lowest BCUT2D eigenvalue weighted by Gasteiger charge is -2.19. The van der Waals surface area contributed by atoms with Gasteiger partial charge >= 0.3 is 7.40 Å². The van der Waals surface area contributed by atoms with Gasteiger partial charge in [0, 0.05) is 0 Å². The van der Waals surface area contributed by atoms with E-state index in [0.717, 1.165) is 10.8 Å². The van der Waals surface area contributed by atoms with E-state index in [1.165, 1.54) is 0 Å². The first-order valence-corrected chi connectivity index (χ1v) is 4.34. The highest BCUT2D eigenvalue weighted by atomic mass is 19.1. The number of rotatable bonds is 0. The molecule has 0 N–H and O–H groups in total. The molecule has 0 aliphatic carbocycles. The summed E-state index contributed by atoms with van der Waals surface area (Å²) in [5, 5.41) is 1.83. The minimum atomic E-state index is -1.70. The molecule has 0 saturated carbocycles. The third kappa shape index (κ3) is 0.969. The van der Waals surface area contributed by atoms with Crippen LogP contribution in [0.3, 0.4) is 0 Å². The van der Waals surface area contributed by atoms with Gasteiger partial charge in [0.05, 0.1) is 5.39 Å². The maximum atomic E-state index is 12.9. The Morgan fingerprint density at radius 2 is 1.50 bits per heavy atom. The van der Waals surface area contributed by atoms with Crippen molar-refractivity contribution < 1.29 is 13.6 Å². The first-order valence-electron chi connectivity index (χ1n) is 4.34. The van der Waals surface area contributed by atoms with Crippen LogP contribution in [-0.4, -0.2) is 7.40 Å². The minimum absolute atomic E-state index is 0.539. The van der Waals surface area contributed by atoms with Crippen LogP contribution in [0.4, 0.5) is 4.32 Å². The molecule has 68 valence electrons. The first kappa shape index (κ1) is 7.68. The van der Waals surface area contributed by atoms with Crippen LogP contribution in [0.15, 0.2) is 36.4 Å². The molecular formula is C10H6BFO2. The highest BCUT2D eigenvalue weighted by molar-refractivity contribution is 6.39. The molecule has 0 fully saturated rings. The smallest absolute Gasteiger partial charge is 0.497 e. The molecule has 0 atom stereocenters. The number of halogens is 1. The highest BCUT2D eigenvalue weighted by Gasteiger charge is 2.30. The molecule has 4 heteroatoms. The van der Waals surface area contributed by atoms with Gasteiger partial charge in [0.25, 0.3) is 0 Å². The zero-order valence-corrected chi connectivity index (χ0v) is 7.24. The van der Waals surface area contributed by atoms with Crippen molar-refractivity contribution in [2.24, 2.45) is 0 Å². The monoisotopic (exact) mass is 188 g/mol. The number of benzene rings is 2. The second-order valence-electron chi connectivity index (χ2n) is 3.12. The van der Waals surface area contributed by atoms with E-state index in [1.807, 2.05) is 24.3 Å². The van der Waals surface area contributed by atoms with Crippen LogP contribution in [0.2, 0.25) is 0 Å². The molecule has 2 aromatic rings. The van der Waals surface area contributed by atoms with Crippen molar-refractivity contribution in [2.45, 2.75) is 0 Å². The van der Waals surface area contributed by atoms with Crippen molar-refractivity contribution in [3.05, 3.63) is 36.4 Å². The fraction of sp³-hybridized carbons (Fsp3) is 0. The average molecular weight is 188 g/mol. The van der Waals surface area contributed by atoms with E-state index in [1.54, 1.807) is 12.1 Å².